The summed E-state index contributed by atoms with van der Waals surface area (Å²) in [5.74, 6) is 0.00882. The topological polar surface area (TPSA) is 46.5 Å². The van der Waals surface area contributed by atoms with Crippen LogP contribution in [0.1, 0.15) is 65.0 Å². The number of allylic oxidation sites excluding steroid dienone is 2. The third kappa shape index (κ3) is 4.33. The molecule has 2 aliphatic rings. The molecule has 0 saturated carbocycles. The van der Waals surface area contributed by atoms with Gasteiger partial charge < -0.3 is 0 Å². The van der Waals surface area contributed by atoms with Gasteiger partial charge >= 0.3 is 169 Å². The van der Waals surface area contributed by atoms with E-state index < -0.39 is 0 Å². The van der Waals surface area contributed by atoms with Crippen LogP contribution in [-0.2, 0) is 21.4 Å². The van der Waals surface area contributed by atoms with Crippen molar-refractivity contribution in [3.05, 3.63) is 51.2 Å². The molecule has 1 aromatic rings. The van der Waals surface area contributed by atoms with E-state index in [-0.39, 0.29) is 31.8 Å². The predicted molar refractivity (Wildman–Crippen MR) is 111 cm³/mol. The number of benzene rings is 1. The number of ether oxygens (including phenoxy) is 1. The molecule has 146 valence electrons. The van der Waals surface area contributed by atoms with Gasteiger partial charge in [0.1, 0.15) is 0 Å². The molecule has 1 N–H and O–H groups in total. The van der Waals surface area contributed by atoms with Gasteiger partial charge in [0.15, 0.2) is 0 Å². The molecule has 1 aromatic carbocycles. The molecule has 0 spiro atoms. The van der Waals surface area contributed by atoms with Gasteiger partial charge in [0.05, 0.1) is 0 Å². The van der Waals surface area contributed by atoms with E-state index >= 15 is 0 Å². The molecule has 0 aromatic heterocycles. The first-order chi connectivity index (χ1) is 12.6. The maximum atomic E-state index is 12.5. The number of rotatable bonds is 4. The molecule has 0 aliphatic heterocycles. The van der Waals surface area contributed by atoms with E-state index in [4.69, 9.17) is 4.74 Å². The molecule has 0 fully saturated rings. The molecule has 3 rings (SSSR count). The van der Waals surface area contributed by atoms with Gasteiger partial charge in [0, 0.05) is 0 Å². The Labute approximate surface area is 169 Å². The van der Waals surface area contributed by atoms with Gasteiger partial charge in [0.25, 0.3) is 0 Å². The van der Waals surface area contributed by atoms with Crippen molar-refractivity contribution in [1.82, 2.24) is 0 Å². The van der Waals surface area contributed by atoms with Crippen LogP contribution in [0.3, 0.4) is 0 Å². The quantitative estimate of drug-likeness (QED) is 0.568. The number of hydrogen-bond donors (Lipinski definition) is 1. The number of fused-ring (bicyclic) bond motifs is 1. The number of hydrogen-bond acceptors (Lipinski definition) is 3. The number of carbonyl (C=O) groups excluding carboxylic acids is 1. The molecule has 0 heterocycles. The van der Waals surface area contributed by atoms with Crippen LogP contribution in [0, 0.1) is 5.41 Å². The Morgan fingerprint density at radius 2 is 2.00 bits per heavy atom. The molecule has 0 saturated heterocycles. The fourth-order valence-corrected chi connectivity index (χ4v) is 6.17. The summed E-state index contributed by atoms with van der Waals surface area (Å²) in [5, 5.41) is 10.7. The predicted octanol–water partition coefficient (Wildman–Crippen LogP) is 4.32. The molecule has 0 bridgehead atoms. The minimum absolute atomic E-state index is 0.137. The first kappa shape index (κ1) is 20.2. The second kappa shape index (κ2) is 7.48. The Balaban J connectivity index is 1.96. The Bertz CT molecular complexity index is 815. The molecule has 0 amide bonds. The van der Waals surface area contributed by atoms with Gasteiger partial charge in [-0.3, -0.25) is 0 Å². The molecular weight excluding hydrogens is 403 g/mol. The zero-order valence-corrected chi connectivity index (χ0v) is 18.7. The van der Waals surface area contributed by atoms with Crippen molar-refractivity contribution >= 4 is 25.4 Å². The van der Waals surface area contributed by atoms with Crippen molar-refractivity contribution in [3.63, 3.8) is 0 Å². The second-order valence-electron chi connectivity index (χ2n) is 8.88. The van der Waals surface area contributed by atoms with Crippen LogP contribution in [0.5, 0.6) is 0 Å². The zero-order valence-electron chi connectivity index (χ0n) is 17.0. The summed E-state index contributed by atoms with van der Waals surface area (Å²) in [4.78, 5) is 12.5. The number of carbonyl (C=O) groups is 1. The Morgan fingerprint density at radius 1 is 1.26 bits per heavy atom. The molecule has 27 heavy (non-hydrogen) atoms. The first-order valence-corrected chi connectivity index (χ1v) is 11.5. The number of aliphatic hydroxyl groups is 1. The summed E-state index contributed by atoms with van der Waals surface area (Å²) in [6.07, 6.45) is 6.11. The van der Waals surface area contributed by atoms with Crippen LogP contribution >= 0.6 is 0 Å². The SMILES string of the molecule is CCOC(=O)C1=CC(C)(C)CC(O)=C1[Se]c1ccc2c(c1)C(C)(C)CCC2. The van der Waals surface area contributed by atoms with Gasteiger partial charge in [-0.15, -0.1) is 0 Å². The van der Waals surface area contributed by atoms with Crippen LogP contribution in [0.2, 0.25) is 0 Å². The Hall–Kier alpha value is -1.51. The fraction of sp³-hybridized carbons (Fsp3) is 0.522. The summed E-state index contributed by atoms with van der Waals surface area (Å²) >= 11 is -0.137. The molecule has 0 atom stereocenters. The summed E-state index contributed by atoms with van der Waals surface area (Å²) in [5.41, 5.74) is 3.34. The van der Waals surface area contributed by atoms with E-state index in [1.54, 1.807) is 0 Å². The summed E-state index contributed by atoms with van der Waals surface area (Å²) in [6.45, 7) is 10.8. The molecule has 0 radical (unpaired) electrons. The molecule has 3 nitrogen and oxygen atoms in total. The van der Waals surface area contributed by atoms with Crippen molar-refractivity contribution in [3.8, 4) is 0 Å². The van der Waals surface area contributed by atoms with Gasteiger partial charge in [-0.25, -0.2) is 0 Å². The standard InChI is InChI=1S/C23H30O3Se/c1-6-26-21(25)17-13-22(2,3)14-19(24)20(17)27-16-10-9-15-8-7-11-23(4,5)18(15)12-16/h9-10,12-13,24H,6-8,11,14H2,1-5H3. The van der Waals surface area contributed by atoms with E-state index in [0.29, 0.717) is 24.4 Å². The second-order valence-corrected chi connectivity index (χ2v) is 11.2. The van der Waals surface area contributed by atoms with Crippen LogP contribution in [0.15, 0.2) is 40.1 Å². The molecule has 2 aliphatic carbocycles. The van der Waals surface area contributed by atoms with Crippen LogP contribution in [-0.4, -0.2) is 32.6 Å². The van der Waals surface area contributed by atoms with Crippen molar-refractivity contribution in [2.75, 3.05) is 6.61 Å². The molecule has 0 unspecified atom stereocenters. The van der Waals surface area contributed by atoms with Crippen LogP contribution in [0.25, 0.3) is 0 Å². The van der Waals surface area contributed by atoms with Crippen LogP contribution in [0.4, 0.5) is 0 Å². The van der Waals surface area contributed by atoms with Crippen molar-refractivity contribution in [2.24, 2.45) is 5.41 Å². The van der Waals surface area contributed by atoms with E-state index in [1.165, 1.54) is 28.4 Å². The Kier molecular flexibility index (Phi) is 5.61. The zero-order chi connectivity index (χ0) is 19.8. The minimum atomic E-state index is -0.327. The Morgan fingerprint density at radius 3 is 2.70 bits per heavy atom. The van der Waals surface area contributed by atoms with Crippen molar-refractivity contribution in [1.29, 1.82) is 0 Å². The van der Waals surface area contributed by atoms with E-state index in [2.05, 4.69) is 32.0 Å². The van der Waals surface area contributed by atoms with Gasteiger partial charge in [-0.05, 0) is 0 Å². The van der Waals surface area contributed by atoms with Crippen molar-refractivity contribution < 1.29 is 14.6 Å². The molecule has 4 heteroatoms. The van der Waals surface area contributed by atoms with Gasteiger partial charge in [-0.1, -0.05) is 0 Å². The summed E-state index contributed by atoms with van der Waals surface area (Å²) in [7, 11) is 0. The fourth-order valence-electron chi connectivity index (χ4n) is 4.09. The average molecular weight is 433 g/mol. The van der Waals surface area contributed by atoms with Crippen LogP contribution < -0.4 is 4.46 Å². The maximum absolute atomic E-state index is 12.5. The summed E-state index contributed by atoms with van der Waals surface area (Å²) < 4.78 is 7.25. The first-order valence-electron chi connectivity index (χ1n) is 9.77. The van der Waals surface area contributed by atoms with E-state index in [1.807, 2.05) is 26.8 Å². The normalized spacial score (nSPS) is 20.7. The third-order valence-electron chi connectivity index (χ3n) is 5.44. The number of aryl methyl sites for hydroxylation is 1. The number of esters is 1. The van der Waals surface area contributed by atoms with E-state index in [0.717, 1.165) is 10.9 Å². The number of aliphatic hydroxyl groups excluding tert-OH is 1. The monoisotopic (exact) mass is 434 g/mol. The molecular formula is C23H30O3Se. The summed E-state index contributed by atoms with van der Waals surface area (Å²) in [6, 6.07) is 6.71. The van der Waals surface area contributed by atoms with Gasteiger partial charge in [-0.2, -0.15) is 0 Å². The van der Waals surface area contributed by atoms with Gasteiger partial charge in [0.2, 0.25) is 0 Å². The van der Waals surface area contributed by atoms with Crippen molar-refractivity contribution in [2.45, 2.75) is 65.7 Å². The van der Waals surface area contributed by atoms with E-state index in [9.17, 15) is 9.90 Å². The third-order valence-corrected chi connectivity index (χ3v) is 7.85. The average Bonchev–Trinajstić information content (AvgIpc) is 2.57.